The molecule has 0 aromatic heterocycles. The minimum atomic E-state index is 0. The molecule has 1 heterocycles. The molecule has 0 bridgehead atoms. The summed E-state index contributed by atoms with van der Waals surface area (Å²) in [5.74, 6) is 5.48. The van der Waals surface area contributed by atoms with E-state index in [0.29, 0.717) is 0 Å². The van der Waals surface area contributed by atoms with Crippen LogP contribution in [-0.4, -0.2) is 37.5 Å². The van der Waals surface area contributed by atoms with Crippen LogP contribution >= 0.6 is 24.0 Å². The molecular weight excluding hydrogens is 337 g/mol. The van der Waals surface area contributed by atoms with Crippen molar-refractivity contribution in [2.45, 2.75) is 32.1 Å². The summed E-state index contributed by atoms with van der Waals surface area (Å²) in [5.41, 5.74) is 0. The zero-order valence-electron chi connectivity index (χ0n) is 11.2. The van der Waals surface area contributed by atoms with E-state index in [-0.39, 0.29) is 24.0 Å². The summed E-state index contributed by atoms with van der Waals surface area (Å²) in [6.45, 7) is 3.19. The van der Waals surface area contributed by atoms with Crippen molar-refractivity contribution in [1.82, 2.24) is 10.2 Å². The molecule has 3 nitrogen and oxygen atoms in total. The van der Waals surface area contributed by atoms with Gasteiger partial charge in [-0.05, 0) is 24.7 Å². The second kappa shape index (κ2) is 7.88. The van der Waals surface area contributed by atoms with E-state index in [1.165, 1.54) is 38.8 Å². The van der Waals surface area contributed by atoms with Crippen molar-refractivity contribution in [3.05, 3.63) is 0 Å². The van der Waals surface area contributed by atoms with Gasteiger partial charge in [0.15, 0.2) is 5.96 Å². The number of nitrogens with one attached hydrogen (secondary N) is 1. The molecule has 4 heteroatoms. The Kier molecular flexibility index (Phi) is 6.83. The van der Waals surface area contributed by atoms with E-state index in [0.717, 1.165) is 30.8 Å². The van der Waals surface area contributed by atoms with Crippen LogP contribution in [-0.2, 0) is 0 Å². The van der Waals surface area contributed by atoms with Crippen molar-refractivity contribution in [1.29, 1.82) is 0 Å². The number of fused-ring (bicyclic) bond motifs is 1. The van der Waals surface area contributed by atoms with E-state index < -0.39 is 0 Å². The molecule has 2 rings (SSSR count). The van der Waals surface area contributed by atoms with Crippen molar-refractivity contribution < 1.29 is 0 Å². The third-order valence-corrected chi connectivity index (χ3v) is 4.04. The van der Waals surface area contributed by atoms with Crippen LogP contribution < -0.4 is 5.32 Å². The second-order valence-corrected chi connectivity index (χ2v) is 5.14. The molecule has 2 fully saturated rings. The van der Waals surface area contributed by atoms with Gasteiger partial charge in [-0.25, -0.2) is 0 Å². The van der Waals surface area contributed by atoms with Gasteiger partial charge in [-0.1, -0.05) is 12.8 Å². The van der Waals surface area contributed by atoms with Crippen LogP contribution in [0.4, 0.5) is 0 Å². The van der Waals surface area contributed by atoms with Crippen LogP contribution in [0.3, 0.4) is 0 Å². The number of hydrogen-bond donors (Lipinski definition) is 1. The first kappa shape index (κ1) is 15.6. The number of terminal acetylenes is 1. The molecule has 1 aliphatic carbocycles. The Balaban J connectivity index is 0.00000162. The molecule has 18 heavy (non-hydrogen) atoms. The van der Waals surface area contributed by atoms with Crippen LogP contribution in [0.25, 0.3) is 0 Å². The van der Waals surface area contributed by atoms with Crippen molar-refractivity contribution >= 4 is 29.9 Å². The highest BCUT2D eigenvalue weighted by Crippen LogP contribution is 2.35. The van der Waals surface area contributed by atoms with E-state index in [4.69, 9.17) is 6.42 Å². The topological polar surface area (TPSA) is 27.6 Å². The van der Waals surface area contributed by atoms with Crippen molar-refractivity contribution in [2.24, 2.45) is 16.8 Å². The number of likely N-dealkylation sites (tertiary alicyclic amines) is 1. The van der Waals surface area contributed by atoms with E-state index >= 15 is 0 Å². The SMILES string of the molecule is C#CCCNC(=NC)N1CC2CCCCC2C1.I. The molecule has 2 unspecified atom stereocenters. The molecule has 1 N–H and O–H groups in total. The van der Waals surface area contributed by atoms with Crippen molar-refractivity contribution in [2.75, 3.05) is 26.7 Å². The Hall–Kier alpha value is -0.440. The standard InChI is InChI=1S/C14H23N3.HI/c1-3-4-9-16-14(15-2)17-10-12-7-5-6-8-13(12)11-17;/h1,12-13H,4-11H2,2H3,(H,15,16);1H. The average molecular weight is 361 g/mol. The summed E-state index contributed by atoms with van der Waals surface area (Å²) >= 11 is 0. The van der Waals surface area contributed by atoms with E-state index in [9.17, 15) is 0 Å². The molecule has 0 radical (unpaired) electrons. The predicted molar refractivity (Wildman–Crippen MR) is 87.2 cm³/mol. The highest BCUT2D eigenvalue weighted by molar-refractivity contribution is 14.0. The summed E-state index contributed by atoms with van der Waals surface area (Å²) in [6, 6.07) is 0. The quantitative estimate of drug-likeness (QED) is 0.269. The van der Waals surface area contributed by atoms with Gasteiger partial charge in [0.25, 0.3) is 0 Å². The van der Waals surface area contributed by atoms with Gasteiger partial charge < -0.3 is 10.2 Å². The Morgan fingerprint density at radius 1 is 1.33 bits per heavy atom. The molecule has 1 aliphatic heterocycles. The second-order valence-electron chi connectivity index (χ2n) is 5.14. The van der Waals surface area contributed by atoms with Crippen LogP contribution in [0.5, 0.6) is 0 Å². The lowest BCUT2D eigenvalue weighted by Gasteiger charge is -2.22. The zero-order valence-corrected chi connectivity index (χ0v) is 13.5. The zero-order chi connectivity index (χ0) is 12.1. The minimum absolute atomic E-state index is 0. The van der Waals surface area contributed by atoms with Crippen LogP contribution in [0.15, 0.2) is 4.99 Å². The van der Waals surface area contributed by atoms with E-state index in [2.05, 4.69) is 21.1 Å². The smallest absolute Gasteiger partial charge is 0.193 e. The van der Waals surface area contributed by atoms with Crippen LogP contribution in [0.2, 0.25) is 0 Å². The maximum absolute atomic E-state index is 5.26. The first-order valence-electron chi connectivity index (χ1n) is 6.74. The lowest BCUT2D eigenvalue weighted by molar-refractivity contribution is 0.299. The number of hydrogen-bond acceptors (Lipinski definition) is 1. The first-order valence-corrected chi connectivity index (χ1v) is 6.74. The lowest BCUT2D eigenvalue weighted by atomic mass is 9.82. The molecule has 2 aliphatic rings. The molecule has 2 atom stereocenters. The summed E-state index contributed by atoms with van der Waals surface area (Å²) in [5, 5.41) is 3.36. The fourth-order valence-electron chi connectivity index (χ4n) is 3.16. The average Bonchev–Trinajstić information content (AvgIpc) is 2.78. The monoisotopic (exact) mass is 361 g/mol. The van der Waals surface area contributed by atoms with E-state index in [1.54, 1.807) is 0 Å². The summed E-state index contributed by atoms with van der Waals surface area (Å²) < 4.78 is 0. The largest absolute Gasteiger partial charge is 0.355 e. The predicted octanol–water partition coefficient (Wildman–Crippen LogP) is 2.33. The number of halogens is 1. The highest BCUT2D eigenvalue weighted by atomic mass is 127. The van der Waals surface area contributed by atoms with Crippen molar-refractivity contribution in [3.8, 4) is 12.3 Å². The molecule has 1 saturated heterocycles. The molecule has 0 aromatic carbocycles. The number of nitrogens with zero attached hydrogens (tertiary/aromatic N) is 2. The van der Waals surface area contributed by atoms with Gasteiger partial charge in [0.2, 0.25) is 0 Å². The molecule has 0 amide bonds. The number of rotatable bonds is 2. The summed E-state index contributed by atoms with van der Waals surface area (Å²) in [6.07, 6.45) is 11.7. The maximum Gasteiger partial charge on any atom is 0.193 e. The van der Waals surface area contributed by atoms with E-state index in [1.807, 2.05) is 7.05 Å². The minimum Gasteiger partial charge on any atom is -0.355 e. The molecule has 0 spiro atoms. The summed E-state index contributed by atoms with van der Waals surface area (Å²) in [7, 11) is 1.86. The normalized spacial score (nSPS) is 27.1. The van der Waals surface area contributed by atoms with Gasteiger partial charge in [-0.2, -0.15) is 0 Å². The van der Waals surface area contributed by atoms with Gasteiger partial charge in [-0.3, -0.25) is 4.99 Å². The highest BCUT2D eigenvalue weighted by Gasteiger charge is 2.35. The first-order chi connectivity index (χ1) is 8.35. The number of guanidine groups is 1. The third-order valence-electron chi connectivity index (χ3n) is 4.04. The van der Waals surface area contributed by atoms with Gasteiger partial charge in [0.05, 0.1) is 0 Å². The molecular formula is C14H24IN3. The number of aliphatic imine (C=N–C) groups is 1. The lowest BCUT2D eigenvalue weighted by Crippen LogP contribution is -2.40. The maximum atomic E-state index is 5.26. The molecule has 102 valence electrons. The Labute approximate surface area is 128 Å². The Morgan fingerprint density at radius 2 is 1.94 bits per heavy atom. The molecule has 0 aromatic rings. The van der Waals surface area contributed by atoms with Gasteiger partial charge in [0.1, 0.15) is 0 Å². The van der Waals surface area contributed by atoms with Gasteiger partial charge >= 0.3 is 0 Å². The van der Waals surface area contributed by atoms with Gasteiger partial charge in [-0.15, -0.1) is 36.3 Å². The Morgan fingerprint density at radius 3 is 2.44 bits per heavy atom. The van der Waals surface area contributed by atoms with Crippen LogP contribution in [0.1, 0.15) is 32.1 Å². The molecule has 1 saturated carbocycles. The van der Waals surface area contributed by atoms with Gasteiger partial charge in [0, 0.05) is 33.1 Å². The van der Waals surface area contributed by atoms with Crippen LogP contribution in [0, 0.1) is 24.2 Å². The summed E-state index contributed by atoms with van der Waals surface area (Å²) in [4.78, 5) is 6.78. The fraction of sp³-hybridized carbons (Fsp3) is 0.786. The Bertz CT molecular complexity index is 307. The third kappa shape index (κ3) is 3.78. The van der Waals surface area contributed by atoms with Crippen molar-refractivity contribution in [3.63, 3.8) is 0 Å². The fourth-order valence-corrected chi connectivity index (χ4v) is 3.16.